The highest BCUT2D eigenvalue weighted by atomic mass is 16.1. The Balaban J connectivity index is 0.000000118. The average Bonchev–Trinajstić information content (AvgIpc) is 1.61. The number of amides is 1. The predicted molar refractivity (Wildman–Crippen MR) is 428 cm³/mol. The first kappa shape index (κ1) is 68.3. The highest BCUT2D eigenvalue weighted by molar-refractivity contribution is 5.95. The Bertz CT molecular complexity index is 5740. The van der Waals surface area contributed by atoms with E-state index in [0.717, 1.165) is 204 Å². The number of nitrogen functional groups attached to an aromatic ring is 3. The summed E-state index contributed by atoms with van der Waals surface area (Å²) in [6, 6.07) is 63.6. The third kappa shape index (κ3) is 14.1. The average molecular weight is 1410 g/mol. The lowest BCUT2D eigenvalue weighted by Crippen LogP contribution is -2.48. The molecule has 1 amide bonds. The Morgan fingerprint density at radius 2 is 0.813 bits per heavy atom. The molecule has 15 aromatic rings. The topological polar surface area (TPSA) is 264 Å². The van der Waals surface area contributed by atoms with Crippen LogP contribution in [0.25, 0.3) is 117 Å². The Labute approximate surface area is 621 Å². The second-order valence-corrected chi connectivity index (χ2v) is 29.6. The van der Waals surface area contributed by atoms with Gasteiger partial charge >= 0.3 is 0 Å². The summed E-state index contributed by atoms with van der Waals surface area (Å²) >= 11 is 0. The molecule has 9 N–H and O–H groups in total. The van der Waals surface area contributed by atoms with Gasteiger partial charge in [0.25, 0.3) is 0 Å². The number of aromatic nitrogens is 12. The molecule has 0 bridgehead atoms. The van der Waals surface area contributed by atoms with Gasteiger partial charge in [-0.25, -0.2) is 44.9 Å². The molecule has 0 atom stereocenters. The summed E-state index contributed by atoms with van der Waals surface area (Å²) in [6.45, 7) is 5.03. The molecule has 0 saturated heterocycles. The molecule has 9 aromatic heterocycles. The van der Waals surface area contributed by atoms with Gasteiger partial charge < -0.3 is 38.1 Å². The monoisotopic (exact) mass is 1410 g/mol. The number of fused-ring (bicyclic) bond motifs is 6. The van der Waals surface area contributed by atoms with Gasteiger partial charge in [-0.15, -0.1) is 0 Å². The molecule has 0 spiro atoms. The van der Waals surface area contributed by atoms with Crippen LogP contribution in [0.4, 0.5) is 17.5 Å². The number of hydrogen-bond acceptors (Lipinski definition) is 16. The molecule has 0 aliphatic heterocycles. The van der Waals surface area contributed by atoms with E-state index >= 15 is 0 Å². The van der Waals surface area contributed by atoms with E-state index in [1.807, 2.05) is 73.2 Å². The van der Waals surface area contributed by atoms with Crippen molar-refractivity contribution in [1.82, 2.24) is 78.9 Å². The van der Waals surface area contributed by atoms with Crippen LogP contribution in [0.1, 0.15) is 99.9 Å². The second kappa shape index (κ2) is 29.6. The van der Waals surface area contributed by atoms with E-state index < -0.39 is 0 Å². The smallest absolute Gasteiger partial charge is 0.216 e. The Morgan fingerprint density at radius 3 is 1.18 bits per heavy atom. The number of nitrogens with one attached hydrogen (secondary N) is 3. The molecular weight excluding hydrogens is 1330 g/mol. The minimum atomic E-state index is 0.00471. The van der Waals surface area contributed by atoms with Crippen molar-refractivity contribution in [3.63, 3.8) is 0 Å². The standard InChI is InChI=1S/C30H31N7O.C29H28N6.C28H28N6/c1-19(38)33-12-11-32-18-20-15-24(16-20)30-36-27(28-29(31)34-13-14-37(28)30)23-8-7-22-9-10-25(35-26(22)17-23)21-5-3-2-4-6-21;30-28-27-26(20-10-9-19-11-12-24(33-25(19)17-20)18-5-2-1-3-6-18)34-29(35(27)14-13-31-28)21-15-23(16-21)32-22-7-4-8-22;1-33(2)17-18-14-22(15-18)28-32-25(26-27(29)30-12-13-34(26)28)21-9-8-20-10-11-23(31-24(20)16-21)19-6-4-3-5-7-19/h2-10,13-14,17,20,24,32H,11-12,15-16,18H2,1H3,(H2,31,34)(H,33,38);1-3,5-6,9-14,17,21-23,32H,4,7-8,15-16H2,(H2,30,31);3-13,16,18,22H,14-15,17H2,1-2H3,(H2,29,30). The molecule has 4 saturated carbocycles. The zero-order valence-electron chi connectivity index (χ0n) is 60.5. The number of nitrogens with zero attached hydrogens (tertiary/aromatic N) is 13. The fourth-order valence-electron chi connectivity index (χ4n) is 16.1. The molecule has 19 rings (SSSR count). The van der Waals surface area contributed by atoms with Crippen LogP contribution in [0.5, 0.6) is 0 Å². The first-order valence-electron chi connectivity index (χ1n) is 37.5. The van der Waals surface area contributed by atoms with E-state index in [9.17, 15) is 4.79 Å². The highest BCUT2D eigenvalue weighted by Crippen LogP contribution is 2.46. The summed E-state index contributed by atoms with van der Waals surface area (Å²) in [5.41, 5.74) is 36.4. The maximum atomic E-state index is 11.0. The zero-order valence-corrected chi connectivity index (χ0v) is 60.5. The summed E-state index contributed by atoms with van der Waals surface area (Å²) < 4.78 is 6.41. The Hall–Kier alpha value is -11.8. The molecule has 4 fully saturated rings. The van der Waals surface area contributed by atoms with Crippen molar-refractivity contribution in [2.75, 3.05) is 57.5 Å². The van der Waals surface area contributed by atoms with Crippen LogP contribution in [0.2, 0.25) is 0 Å². The van der Waals surface area contributed by atoms with Crippen molar-refractivity contribution < 1.29 is 4.79 Å². The number of nitrogens with two attached hydrogens (primary N) is 3. The van der Waals surface area contributed by atoms with Gasteiger partial charge in [-0.05, 0) is 120 Å². The quantitative estimate of drug-likeness (QED) is 0.0436. The summed E-state index contributed by atoms with van der Waals surface area (Å²) in [5.74, 6) is 7.24. The van der Waals surface area contributed by atoms with E-state index in [4.69, 9.17) is 47.1 Å². The zero-order chi connectivity index (χ0) is 72.7. The van der Waals surface area contributed by atoms with Gasteiger partial charge in [-0.2, -0.15) is 0 Å². The van der Waals surface area contributed by atoms with Crippen molar-refractivity contribution in [2.24, 2.45) is 11.8 Å². The van der Waals surface area contributed by atoms with E-state index in [-0.39, 0.29) is 5.91 Å². The number of rotatable bonds is 18. The molecule has 4 aliphatic rings. The van der Waals surface area contributed by atoms with Crippen molar-refractivity contribution >= 4 is 72.6 Å². The fraction of sp³-hybridized carbons (Fsp3) is 0.264. The molecule has 6 aromatic carbocycles. The van der Waals surface area contributed by atoms with Gasteiger partial charge in [0.1, 0.15) is 68.6 Å². The second-order valence-electron chi connectivity index (χ2n) is 29.6. The lowest BCUT2D eigenvalue weighted by Gasteiger charge is -2.40. The first-order chi connectivity index (χ1) is 52.4. The minimum Gasteiger partial charge on any atom is -0.382 e. The molecule has 4 aliphatic carbocycles. The van der Waals surface area contributed by atoms with E-state index in [2.05, 4.69) is 190 Å². The summed E-state index contributed by atoms with van der Waals surface area (Å²) in [7, 11) is 4.28. The molecule has 0 radical (unpaired) electrons. The fourth-order valence-corrected chi connectivity index (χ4v) is 16.1. The number of carbonyl (C=O) groups excluding carboxylic acids is 1. The molecule has 9 heterocycles. The van der Waals surface area contributed by atoms with Crippen LogP contribution in [0.3, 0.4) is 0 Å². The van der Waals surface area contributed by atoms with Crippen molar-refractivity contribution in [3.05, 3.63) is 237 Å². The molecular formula is C87H87N19O. The van der Waals surface area contributed by atoms with E-state index in [0.29, 0.717) is 53.7 Å². The number of benzene rings is 6. The number of anilines is 3. The van der Waals surface area contributed by atoms with Gasteiger partial charge in [0.15, 0.2) is 0 Å². The van der Waals surface area contributed by atoms with Gasteiger partial charge in [0, 0.05) is 143 Å². The van der Waals surface area contributed by atoms with Gasteiger partial charge in [-0.1, -0.05) is 152 Å². The van der Waals surface area contributed by atoms with Crippen LogP contribution >= 0.6 is 0 Å². The van der Waals surface area contributed by atoms with Gasteiger partial charge in [0.2, 0.25) is 5.91 Å². The number of carbonyl (C=O) groups is 1. The van der Waals surface area contributed by atoms with Gasteiger partial charge in [-0.3, -0.25) is 18.0 Å². The molecule has 20 heteroatoms. The summed E-state index contributed by atoms with van der Waals surface area (Å²) in [4.78, 5) is 56.7. The lowest BCUT2D eigenvalue weighted by molar-refractivity contribution is -0.118. The lowest BCUT2D eigenvalue weighted by atomic mass is 9.74. The number of pyridine rings is 3. The van der Waals surface area contributed by atoms with Crippen molar-refractivity contribution in [2.45, 2.75) is 94.5 Å². The molecule has 536 valence electrons. The largest absolute Gasteiger partial charge is 0.382 e. The van der Waals surface area contributed by atoms with E-state index in [1.54, 1.807) is 18.6 Å². The third-order valence-electron chi connectivity index (χ3n) is 21.9. The normalized spacial score (nSPS) is 18.3. The first-order valence-corrected chi connectivity index (χ1v) is 37.5. The maximum Gasteiger partial charge on any atom is 0.216 e. The highest BCUT2D eigenvalue weighted by Gasteiger charge is 2.38. The van der Waals surface area contributed by atoms with Crippen LogP contribution < -0.4 is 33.2 Å². The number of hydrogen-bond donors (Lipinski definition) is 6. The van der Waals surface area contributed by atoms with Crippen LogP contribution in [0, 0.1) is 11.8 Å². The predicted octanol–water partition coefficient (Wildman–Crippen LogP) is 15.2. The van der Waals surface area contributed by atoms with Crippen molar-refractivity contribution in [1.29, 1.82) is 0 Å². The molecule has 20 nitrogen and oxygen atoms in total. The molecule has 0 unspecified atom stereocenters. The minimum absolute atomic E-state index is 0.00471. The third-order valence-corrected chi connectivity index (χ3v) is 21.9. The van der Waals surface area contributed by atoms with Crippen LogP contribution in [-0.4, -0.2) is 121 Å². The van der Waals surface area contributed by atoms with E-state index in [1.165, 1.54) is 26.2 Å². The molecule has 107 heavy (non-hydrogen) atoms. The van der Waals surface area contributed by atoms with Crippen molar-refractivity contribution in [3.8, 4) is 67.5 Å². The Kier molecular flexibility index (Phi) is 18.9. The van der Waals surface area contributed by atoms with Crippen LogP contribution in [-0.2, 0) is 4.79 Å². The Morgan fingerprint density at radius 1 is 0.439 bits per heavy atom. The maximum absolute atomic E-state index is 11.0. The van der Waals surface area contributed by atoms with Crippen LogP contribution in [0.15, 0.2) is 219 Å². The number of imidazole rings is 3. The summed E-state index contributed by atoms with van der Waals surface area (Å²) in [5, 5.41) is 13.4. The van der Waals surface area contributed by atoms with Gasteiger partial charge in [0.05, 0.1) is 33.6 Å². The summed E-state index contributed by atoms with van der Waals surface area (Å²) in [6.07, 6.45) is 21.9. The SMILES string of the molecule is CC(=O)NCCNCC1CC(c2nc(-c3ccc4ccc(-c5ccccc5)nc4c3)c3c(N)nccn23)C1.CN(C)CC1CC(c2nc(-c3ccc4ccc(-c5ccccc5)nc4c3)c3c(N)nccn23)C1.Nc1nccn2c(C3CC(NC4CCC4)C3)nc(-c3ccc4ccc(-c5ccccc5)nc4c3)c12.